The number of nitrogens with zero attached hydrogens (tertiary/aromatic N) is 3. The first-order valence-corrected chi connectivity index (χ1v) is 7.70. The third kappa shape index (κ3) is 3.31. The highest BCUT2D eigenvalue weighted by Gasteiger charge is 2.33. The van der Waals surface area contributed by atoms with Crippen molar-refractivity contribution in [3.63, 3.8) is 0 Å². The van der Waals surface area contributed by atoms with Gasteiger partial charge in [-0.05, 0) is 29.7 Å². The van der Waals surface area contributed by atoms with Gasteiger partial charge in [-0.3, -0.25) is 4.57 Å². The lowest BCUT2D eigenvalue weighted by molar-refractivity contribution is -0.140. The van der Waals surface area contributed by atoms with Crippen molar-refractivity contribution in [2.24, 2.45) is 0 Å². The molecule has 0 bridgehead atoms. The van der Waals surface area contributed by atoms with Gasteiger partial charge in [-0.25, -0.2) is 9.97 Å². The Morgan fingerprint density at radius 1 is 1.08 bits per heavy atom. The number of pyridine rings is 1. The predicted molar refractivity (Wildman–Crippen MR) is 89.1 cm³/mol. The molecule has 1 aromatic carbocycles. The van der Waals surface area contributed by atoms with Crippen LogP contribution in [0.15, 0.2) is 36.8 Å². The van der Waals surface area contributed by atoms with Crippen LogP contribution in [0.25, 0.3) is 16.6 Å². The van der Waals surface area contributed by atoms with Crippen LogP contribution in [0.5, 0.6) is 5.75 Å². The highest BCUT2D eigenvalue weighted by Crippen LogP contribution is 2.33. The standard InChI is InChI=1S/C18H18F3N3O/c1-17(2,3)16-13-6-5-12(25-4)7-11(13)8-15(23-16)24-9-14(22-10-24)18(19,20)21/h5-10H,1-4H3. The van der Waals surface area contributed by atoms with Gasteiger partial charge in [0.05, 0.1) is 12.8 Å². The van der Waals surface area contributed by atoms with Gasteiger partial charge in [-0.1, -0.05) is 20.8 Å². The average Bonchev–Trinajstić information content (AvgIpc) is 3.02. The first-order valence-electron chi connectivity index (χ1n) is 7.70. The summed E-state index contributed by atoms with van der Waals surface area (Å²) >= 11 is 0. The van der Waals surface area contributed by atoms with Gasteiger partial charge in [0.1, 0.15) is 17.9 Å². The molecule has 0 amide bonds. The summed E-state index contributed by atoms with van der Waals surface area (Å²) in [5.41, 5.74) is -0.432. The third-order valence-electron chi connectivity index (χ3n) is 3.87. The normalized spacial score (nSPS) is 12.6. The summed E-state index contributed by atoms with van der Waals surface area (Å²) in [5.74, 6) is 1.06. The summed E-state index contributed by atoms with van der Waals surface area (Å²) in [4.78, 5) is 8.05. The maximum atomic E-state index is 12.8. The van der Waals surface area contributed by atoms with Gasteiger partial charge in [-0.15, -0.1) is 0 Å². The van der Waals surface area contributed by atoms with E-state index in [4.69, 9.17) is 4.74 Å². The molecule has 0 saturated heterocycles. The second kappa shape index (κ2) is 5.75. The molecule has 0 saturated carbocycles. The maximum Gasteiger partial charge on any atom is 0.434 e. The number of halogens is 3. The van der Waals surface area contributed by atoms with Crippen molar-refractivity contribution in [3.8, 4) is 11.6 Å². The van der Waals surface area contributed by atoms with Gasteiger partial charge >= 0.3 is 6.18 Å². The fourth-order valence-corrected chi connectivity index (χ4v) is 2.65. The summed E-state index contributed by atoms with van der Waals surface area (Å²) in [5, 5.41) is 1.78. The van der Waals surface area contributed by atoms with Crippen LogP contribution in [0.1, 0.15) is 32.2 Å². The van der Waals surface area contributed by atoms with Crippen LogP contribution in [0.2, 0.25) is 0 Å². The lowest BCUT2D eigenvalue weighted by Crippen LogP contribution is -2.15. The number of fused-ring (bicyclic) bond motifs is 1. The fraction of sp³-hybridized carbons (Fsp3) is 0.333. The number of rotatable bonds is 2. The van der Waals surface area contributed by atoms with Crippen LogP contribution < -0.4 is 4.74 Å². The van der Waals surface area contributed by atoms with E-state index in [1.165, 1.54) is 4.57 Å². The Morgan fingerprint density at radius 2 is 1.80 bits per heavy atom. The monoisotopic (exact) mass is 349 g/mol. The largest absolute Gasteiger partial charge is 0.497 e. The van der Waals surface area contributed by atoms with Gasteiger partial charge in [0.25, 0.3) is 0 Å². The van der Waals surface area contributed by atoms with Crippen molar-refractivity contribution >= 4 is 10.8 Å². The van der Waals surface area contributed by atoms with Crippen molar-refractivity contribution in [1.82, 2.24) is 14.5 Å². The zero-order valence-corrected chi connectivity index (χ0v) is 14.3. The van der Waals surface area contributed by atoms with Gasteiger partial charge in [0, 0.05) is 17.0 Å². The van der Waals surface area contributed by atoms with E-state index in [1.54, 1.807) is 13.2 Å². The summed E-state index contributed by atoms with van der Waals surface area (Å²) in [7, 11) is 1.57. The Hall–Kier alpha value is -2.57. The first kappa shape index (κ1) is 17.3. The summed E-state index contributed by atoms with van der Waals surface area (Å²) in [6.07, 6.45) is -2.41. The molecular weight excluding hydrogens is 331 g/mol. The molecule has 0 unspecified atom stereocenters. The molecule has 0 atom stereocenters. The van der Waals surface area contributed by atoms with Gasteiger partial charge < -0.3 is 4.74 Å². The zero-order valence-electron chi connectivity index (χ0n) is 14.3. The maximum absolute atomic E-state index is 12.8. The van der Waals surface area contributed by atoms with Crippen LogP contribution in [0.4, 0.5) is 13.2 Å². The lowest BCUT2D eigenvalue weighted by Gasteiger charge is -2.21. The highest BCUT2D eigenvalue weighted by molar-refractivity contribution is 5.88. The van der Waals surface area contributed by atoms with Crippen LogP contribution >= 0.6 is 0 Å². The smallest absolute Gasteiger partial charge is 0.434 e. The van der Waals surface area contributed by atoms with E-state index in [1.807, 2.05) is 39.0 Å². The van der Waals surface area contributed by atoms with Crippen LogP contribution in [0.3, 0.4) is 0 Å². The second-order valence-electron chi connectivity index (χ2n) is 6.83. The molecule has 25 heavy (non-hydrogen) atoms. The second-order valence-corrected chi connectivity index (χ2v) is 6.83. The molecule has 0 aliphatic rings. The highest BCUT2D eigenvalue weighted by atomic mass is 19.4. The number of hydrogen-bond donors (Lipinski definition) is 0. The minimum absolute atomic E-state index is 0.281. The van der Waals surface area contributed by atoms with Gasteiger partial charge in [0.2, 0.25) is 0 Å². The van der Waals surface area contributed by atoms with E-state index in [2.05, 4.69) is 9.97 Å². The molecule has 2 heterocycles. The number of hydrogen-bond acceptors (Lipinski definition) is 3. The molecular formula is C18H18F3N3O. The minimum Gasteiger partial charge on any atom is -0.497 e. The molecule has 0 radical (unpaired) electrons. The number of alkyl halides is 3. The predicted octanol–water partition coefficient (Wildman–Crippen LogP) is 4.75. The number of aromatic nitrogens is 3. The van der Waals surface area contributed by atoms with Crippen LogP contribution in [0, 0.1) is 0 Å². The SMILES string of the molecule is COc1ccc2c(C(C)(C)C)nc(-n3cnc(C(F)(F)F)c3)cc2c1. The van der Waals surface area contributed by atoms with Crippen LogP contribution in [-0.2, 0) is 11.6 Å². The lowest BCUT2D eigenvalue weighted by atomic mass is 9.88. The van der Waals surface area contributed by atoms with Crippen molar-refractivity contribution in [1.29, 1.82) is 0 Å². The third-order valence-corrected chi connectivity index (χ3v) is 3.87. The van der Waals surface area contributed by atoms with E-state index in [-0.39, 0.29) is 5.41 Å². The number of imidazole rings is 1. The molecule has 7 heteroatoms. The number of ether oxygens (including phenoxy) is 1. The molecule has 0 aliphatic carbocycles. The molecule has 0 aliphatic heterocycles. The quantitative estimate of drug-likeness (QED) is 0.670. The Bertz CT molecular complexity index is 923. The first-order chi connectivity index (χ1) is 11.6. The van der Waals surface area contributed by atoms with E-state index in [0.717, 1.165) is 29.0 Å². The van der Waals surface area contributed by atoms with Crippen LogP contribution in [-0.4, -0.2) is 21.6 Å². The minimum atomic E-state index is -4.49. The van der Waals surface area contributed by atoms with Crippen molar-refractivity contribution < 1.29 is 17.9 Å². The van der Waals surface area contributed by atoms with E-state index in [0.29, 0.717) is 11.6 Å². The summed E-state index contributed by atoms with van der Waals surface area (Å²) in [6.45, 7) is 6.04. The Kier molecular flexibility index (Phi) is 3.97. The zero-order chi connectivity index (χ0) is 18.4. The Labute approximate surface area is 143 Å². The molecule has 0 spiro atoms. The van der Waals surface area contributed by atoms with Gasteiger partial charge in [-0.2, -0.15) is 13.2 Å². The summed E-state index contributed by atoms with van der Waals surface area (Å²) in [6, 6.07) is 7.34. The topological polar surface area (TPSA) is 39.9 Å². The Balaban J connectivity index is 2.23. The van der Waals surface area contributed by atoms with Crippen molar-refractivity contribution in [2.75, 3.05) is 7.11 Å². The molecule has 2 aromatic heterocycles. The molecule has 0 N–H and O–H groups in total. The van der Waals surface area contributed by atoms with Crippen molar-refractivity contribution in [3.05, 3.63) is 48.2 Å². The average molecular weight is 349 g/mol. The Morgan fingerprint density at radius 3 is 2.36 bits per heavy atom. The van der Waals surface area contributed by atoms with E-state index < -0.39 is 11.9 Å². The molecule has 3 rings (SSSR count). The van der Waals surface area contributed by atoms with Gasteiger partial charge in [0.15, 0.2) is 5.69 Å². The molecule has 0 fully saturated rings. The summed E-state index contributed by atoms with van der Waals surface area (Å²) < 4.78 is 45.0. The number of methoxy groups -OCH3 is 1. The fourth-order valence-electron chi connectivity index (χ4n) is 2.65. The molecule has 132 valence electrons. The molecule has 3 aromatic rings. The molecule has 4 nitrogen and oxygen atoms in total. The van der Waals surface area contributed by atoms with E-state index in [9.17, 15) is 13.2 Å². The van der Waals surface area contributed by atoms with Crippen molar-refractivity contribution in [2.45, 2.75) is 32.4 Å². The number of benzene rings is 1. The van der Waals surface area contributed by atoms with E-state index >= 15 is 0 Å².